The number of hydrogen-bond acceptors (Lipinski definition) is 5. The van der Waals surface area contributed by atoms with Crippen LogP contribution in [0.1, 0.15) is 43.8 Å². The number of carbonyl (C=O) groups excluding carboxylic acids is 2. The van der Waals surface area contributed by atoms with Crippen LogP contribution >= 0.6 is 0 Å². The minimum Gasteiger partial charge on any atom is -0.493 e. The standard InChI is InChI=1S/C23H24F2N2O5/c1-26-22(29)14-3-2-12(9-17(14)24)8-13-10-16(20(25)15-4-7-32-21(13)15)23(30)27-18-5-6-31-11-19(18)28/h2-3,9-10,18-19,28H,4-8,11H2,1H3,(H,26,29)(H,27,30)/t18-,19-/m0/s1. The van der Waals surface area contributed by atoms with Crippen molar-refractivity contribution in [3.63, 3.8) is 0 Å². The summed E-state index contributed by atoms with van der Waals surface area (Å²) in [7, 11) is 1.42. The summed E-state index contributed by atoms with van der Waals surface area (Å²) >= 11 is 0. The normalized spacial score (nSPS) is 19.8. The van der Waals surface area contributed by atoms with Crippen molar-refractivity contribution >= 4 is 11.8 Å². The molecule has 7 nitrogen and oxygen atoms in total. The first kappa shape index (κ1) is 22.2. The molecule has 170 valence electrons. The quantitative estimate of drug-likeness (QED) is 0.650. The Hall–Kier alpha value is -3.04. The van der Waals surface area contributed by atoms with Crippen LogP contribution in [0.4, 0.5) is 8.78 Å². The van der Waals surface area contributed by atoms with Gasteiger partial charge in [0.25, 0.3) is 11.8 Å². The Balaban J connectivity index is 1.63. The highest BCUT2D eigenvalue weighted by Gasteiger charge is 2.30. The van der Waals surface area contributed by atoms with Crippen molar-refractivity contribution in [3.05, 3.63) is 63.7 Å². The van der Waals surface area contributed by atoms with Crippen LogP contribution in [0.3, 0.4) is 0 Å². The smallest absolute Gasteiger partial charge is 0.254 e. The summed E-state index contributed by atoms with van der Waals surface area (Å²) in [6.45, 7) is 0.784. The maximum atomic E-state index is 15.1. The molecule has 9 heteroatoms. The van der Waals surface area contributed by atoms with Crippen molar-refractivity contribution in [2.24, 2.45) is 0 Å². The van der Waals surface area contributed by atoms with Gasteiger partial charge in [-0.3, -0.25) is 9.59 Å². The summed E-state index contributed by atoms with van der Waals surface area (Å²) in [5.41, 5.74) is 1.18. The second-order valence-electron chi connectivity index (χ2n) is 7.88. The van der Waals surface area contributed by atoms with E-state index >= 15 is 4.39 Å². The number of hydrogen-bond donors (Lipinski definition) is 3. The molecular weight excluding hydrogens is 422 g/mol. The molecule has 2 aliphatic heterocycles. The van der Waals surface area contributed by atoms with Crippen LogP contribution in [0.25, 0.3) is 0 Å². The maximum absolute atomic E-state index is 15.1. The lowest BCUT2D eigenvalue weighted by atomic mass is 9.96. The van der Waals surface area contributed by atoms with Crippen LogP contribution in [0.2, 0.25) is 0 Å². The van der Waals surface area contributed by atoms with Crippen LogP contribution in [0.15, 0.2) is 24.3 Å². The Bertz CT molecular complexity index is 1060. The molecule has 32 heavy (non-hydrogen) atoms. The number of amides is 2. The maximum Gasteiger partial charge on any atom is 0.254 e. The van der Waals surface area contributed by atoms with Crippen molar-refractivity contribution < 1.29 is 33.0 Å². The number of nitrogens with one attached hydrogen (secondary N) is 2. The molecule has 2 heterocycles. The van der Waals surface area contributed by atoms with Gasteiger partial charge in [0.2, 0.25) is 0 Å². The molecule has 0 aliphatic carbocycles. The van der Waals surface area contributed by atoms with E-state index in [0.29, 0.717) is 41.9 Å². The number of halogens is 2. The van der Waals surface area contributed by atoms with Gasteiger partial charge in [0.15, 0.2) is 0 Å². The van der Waals surface area contributed by atoms with E-state index in [1.165, 1.54) is 25.2 Å². The second-order valence-corrected chi connectivity index (χ2v) is 7.88. The van der Waals surface area contributed by atoms with Gasteiger partial charge in [-0.25, -0.2) is 8.78 Å². The summed E-state index contributed by atoms with van der Waals surface area (Å²) in [6.07, 6.45) is 0.0639. The van der Waals surface area contributed by atoms with E-state index in [2.05, 4.69) is 10.6 Å². The van der Waals surface area contributed by atoms with Crippen LogP contribution < -0.4 is 15.4 Å². The van der Waals surface area contributed by atoms with E-state index < -0.39 is 35.6 Å². The average molecular weight is 446 g/mol. The fraction of sp³-hybridized carbons (Fsp3) is 0.391. The van der Waals surface area contributed by atoms with Crippen LogP contribution in [0, 0.1) is 11.6 Å². The molecule has 1 fully saturated rings. The van der Waals surface area contributed by atoms with E-state index in [9.17, 15) is 19.1 Å². The molecule has 0 bridgehead atoms. The highest BCUT2D eigenvalue weighted by atomic mass is 19.1. The predicted octanol–water partition coefficient (Wildman–Crippen LogP) is 1.73. The Morgan fingerprint density at radius 3 is 2.69 bits per heavy atom. The van der Waals surface area contributed by atoms with Crippen LogP contribution in [0.5, 0.6) is 5.75 Å². The van der Waals surface area contributed by atoms with E-state index in [1.807, 2.05) is 0 Å². The third-order valence-corrected chi connectivity index (χ3v) is 5.77. The number of benzene rings is 2. The number of aliphatic hydroxyl groups is 1. The lowest BCUT2D eigenvalue weighted by Gasteiger charge is -2.28. The largest absolute Gasteiger partial charge is 0.493 e. The molecule has 2 aromatic rings. The Morgan fingerprint density at radius 2 is 1.97 bits per heavy atom. The van der Waals surface area contributed by atoms with Crippen molar-refractivity contribution in [1.82, 2.24) is 10.6 Å². The van der Waals surface area contributed by atoms with E-state index in [4.69, 9.17) is 9.47 Å². The molecule has 2 aliphatic rings. The summed E-state index contributed by atoms with van der Waals surface area (Å²) in [5.74, 6) is -2.13. The SMILES string of the molecule is CNC(=O)c1ccc(Cc2cc(C(=O)N[C@H]3CCOC[C@@H]3O)c(F)c3c2OCC3)cc1F. The van der Waals surface area contributed by atoms with Gasteiger partial charge in [-0.2, -0.15) is 0 Å². The summed E-state index contributed by atoms with van der Waals surface area (Å²) < 4.78 is 40.3. The van der Waals surface area contributed by atoms with Gasteiger partial charge in [0.05, 0.1) is 36.5 Å². The molecule has 2 amide bonds. The first-order chi connectivity index (χ1) is 15.4. The molecule has 2 atom stereocenters. The summed E-state index contributed by atoms with van der Waals surface area (Å²) in [5, 5.41) is 15.1. The van der Waals surface area contributed by atoms with Crippen molar-refractivity contribution in [1.29, 1.82) is 0 Å². The minimum atomic E-state index is -0.866. The lowest BCUT2D eigenvalue weighted by Crippen LogP contribution is -2.48. The van der Waals surface area contributed by atoms with Gasteiger partial charge < -0.3 is 25.2 Å². The monoisotopic (exact) mass is 446 g/mol. The zero-order valence-corrected chi connectivity index (χ0v) is 17.5. The number of rotatable bonds is 5. The van der Waals surface area contributed by atoms with Crippen LogP contribution in [-0.4, -0.2) is 55.9 Å². The highest BCUT2D eigenvalue weighted by Crippen LogP contribution is 2.35. The molecule has 0 radical (unpaired) electrons. The Kier molecular flexibility index (Phi) is 6.38. The predicted molar refractivity (Wildman–Crippen MR) is 111 cm³/mol. The fourth-order valence-electron chi connectivity index (χ4n) is 4.06. The van der Waals surface area contributed by atoms with E-state index in [-0.39, 0.29) is 30.8 Å². The van der Waals surface area contributed by atoms with Crippen molar-refractivity contribution in [2.75, 3.05) is 26.9 Å². The number of aliphatic hydroxyl groups excluding tert-OH is 1. The first-order valence-corrected chi connectivity index (χ1v) is 10.4. The topological polar surface area (TPSA) is 96.9 Å². The third-order valence-electron chi connectivity index (χ3n) is 5.77. The van der Waals surface area contributed by atoms with Crippen molar-refractivity contribution in [3.8, 4) is 5.75 Å². The molecule has 0 spiro atoms. The molecule has 0 aromatic heterocycles. The third kappa shape index (κ3) is 4.31. The summed E-state index contributed by atoms with van der Waals surface area (Å²) in [4.78, 5) is 24.6. The van der Waals surface area contributed by atoms with Crippen LogP contribution in [-0.2, 0) is 17.6 Å². The van der Waals surface area contributed by atoms with Crippen molar-refractivity contribution in [2.45, 2.75) is 31.4 Å². The van der Waals surface area contributed by atoms with E-state index in [1.54, 1.807) is 6.07 Å². The zero-order valence-electron chi connectivity index (χ0n) is 17.5. The molecular formula is C23H24F2N2O5. The lowest BCUT2D eigenvalue weighted by molar-refractivity contribution is -0.0261. The number of carbonyl (C=O) groups is 2. The van der Waals surface area contributed by atoms with Gasteiger partial charge in [0.1, 0.15) is 17.4 Å². The fourth-order valence-corrected chi connectivity index (χ4v) is 4.06. The Morgan fingerprint density at radius 1 is 1.16 bits per heavy atom. The molecule has 4 rings (SSSR count). The molecule has 1 saturated heterocycles. The van der Waals surface area contributed by atoms with Gasteiger partial charge in [-0.1, -0.05) is 6.07 Å². The second kappa shape index (κ2) is 9.22. The minimum absolute atomic E-state index is 0.0769. The summed E-state index contributed by atoms with van der Waals surface area (Å²) in [6, 6.07) is 5.11. The molecule has 0 saturated carbocycles. The molecule has 0 unspecified atom stereocenters. The Labute approximate surface area is 183 Å². The van der Waals surface area contributed by atoms with Gasteiger partial charge in [0, 0.05) is 32.1 Å². The number of fused-ring (bicyclic) bond motifs is 1. The highest BCUT2D eigenvalue weighted by molar-refractivity contribution is 5.96. The van der Waals surface area contributed by atoms with Gasteiger partial charge in [-0.05, 0) is 35.7 Å². The molecule has 2 aromatic carbocycles. The molecule has 3 N–H and O–H groups in total. The number of ether oxygens (including phenoxy) is 2. The van der Waals surface area contributed by atoms with Gasteiger partial charge >= 0.3 is 0 Å². The van der Waals surface area contributed by atoms with E-state index in [0.717, 1.165) is 0 Å². The van der Waals surface area contributed by atoms with Gasteiger partial charge in [-0.15, -0.1) is 0 Å². The zero-order chi connectivity index (χ0) is 22.8. The average Bonchev–Trinajstić information content (AvgIpc) is 3.27. The first-order valence-electron chi connectivity index (χ1n) is 10.4.